The Balaban J connectivity index is 0.00000242. The van der Waals surface area contributed by atoms with Crippen molar-refractivity contribution in [2.75, 3.05) is 19.7 Å². The topological polar surface area (TPSA) is 55.6 Å². The zero-order valence-electron chi connectivity index (χ0n) is 12.4. The highest BCUT2D eigenvalue weighted by Gasteiger charge is 2.31. The van der Waals surface area contributed by atoms with Crippen LogP contribution in [0.25, 0.3) is 0 Å². The van der Waals surface area contributed by atoms with Crippen LogP contribution in [0, 0.1) is 5.92 Å². The standard InChI is InChI=1S/C15H20Cl2N2O2.ClH/c1-10-6-11(8-18)9-19(10)15(20)4-5-21-12-2-3-13(16)14(17)7-12;/h2-3,7,10-11H,4-6,8-9,18H2,1H3;1H. The summed E-state index contributed by atoms with van der Waals surface area (Å²) in [5.41, 5.74) is 5.67. The zero-order chi connectivity index (χ0) is 15.4. The van der Waals surface area contributed by atoms with Gasteiger partial charge in [-0.1, -0.05) is 23.2 Å². The first-order valence-electron chi connectivity index (χ1n) is 7.08. The van der Waals surface area contributed by atoms with Crippen molar-refractivity contribution in [2.24, 2.45) is 11.7 Å². The molecule has 0 radical (unpaired) electrons. The van der Waals surface area contributed by atoms with Crippen LogP contribution in [0.3, 0.4) is 0 Å². The molecule has 1 aliphatic rings. The number of amides is 1. The van der Waals surface area contributed by atoms with Crippen molar-refractivity contribution in [2.45, 2.75) is 25.8 Å². The molecule has 7 heteroatoms. The maximum absolute atomic E-state index is 12.2. The smallest absolute Gasteiger partial charge is 0.226 e. The molecule has 4 nitrogen and oxygen atoms in total. The molecule has 0 bridgehead atoms. The van der Waals surface area contributed by atoms with Gasteiger partial charge in [0.2, 0.25) is 5.91 Å². The van der Waals surface area contributed by atoms with Gasteiger partial charge in [0.05, 0.1) is 23.1 Å². The van der Waals surface area contributed by atoms with Crippen LogP contribution < -0.4 is 10.5 Å². The van der Waals surface area contributed by atoms with Crippen molar-refractivity contribution < 1.29 is 9.53 Å². The van der Waals surface area contributed by atoms with E-state index in [1.807, 2.05) is 4.90 Å². The molecule has 2 rings (SSSR count). The van der Waals surface area contributed by atoms with E-state index >= 15 is 0 Å². The van der Waals surface area contributed by atoms with Crippen LogP contribution in [0.4, 0.5) is 0 Å². The fourth-order valence-electron chi connectivity index (χ4n) is 2.63. The SMILES string of the molecule is CC1CC(CN)CN1C(=O)CCOc1ccc(Cl)c(Cl)c1.Cl. The van der Waals surface area contributed by atoms with Gasteiger partial charge >= 0.3 is 0 Å². The van der Waals surface area contributed by atoms with Gasteiger partial charge in [-0.3, -0.25) is 4.79 Å². The Bertz CT molecular complexity index is 514. The van der Waals surface area contributed by atoms with Crippen molar-refractivity contribution >= 4 is 41.5 Å². The Morgan fingerprint density at radius 2 is 2.14 bits per heavy atom. The minimum atomic E-state index is 0. The number of ether oxygens (including phenoxy) is 1. The Hall–Kier alpha value is -0.680. The monoisotopic (exact) mass is 366 g/mol. The first-order chi connectivity index (χ1) is 10.0. The molecule has 2 unspecified atom stereocenters. The summed E-state index contributed by atoms with van der Waals surface area (Å²) in [4.78, 5) is 14.1. The average Bonchev–Trinajstić information content (AvgIpc) is 2.84. The van der Waals surface area contributed by atoms with Crippen LogP contribution in [0.2, 0.25) is 10.0 Å². The average molecular weight is 368 g/mol. The van der Waals surface area contributed by atoms with Crippen molar-refractivity contribution in [3.63, 3.8) is 0 Å². The summed E-state index contributed by atoms with van der Waals surface area (Å²) in [6.07, 6.45) is 1.33. The summed E-state index contributed by atoms with van der Waals surface area (Å²) in [6.45, 7) is 3.78. The normalized spacial score (nSPS) is 20.6. The number of carbonyl (C=O) groups is 1. The van der Waals surface area contributed by atoms with Crippen LogP contribution in [0.15, 0.2) is 18.2 Å². The minimum absolute atomic E-state index is 0. The molecule has 2 atom stereocenters. The Morgan fingerprint density at radius 3 is 2.73 bits per heavy atom. The lowest BCUT2D eigenvalue weighted by molar-refractivity contribution is -0.132. The lowest BCUT2D eigenvalue weighted by atomic mass is 10.1. The molecule has 124 valence electrons. The molecule has 0 aromatic heterocycles. The molecular formula is C15H21Cl3N2O2. The number of hydrogen-bond donors (Lipinski definition) is 1. The van der Waals surface area contributed by atoms with Crippen molar-refractivity contribution in [1.82, 2.24) is 4.90 Å². The summed E-state index contributed by atoms with van der Waals surface area (Å²) < 4.78 is 5.55. The van der Waals surface area contributed by atoms with E-state index in [-0.39, 0.29) is 24.4 Å². The van der Waals surface area contributed by atoms with E-state index in [2.05, 4.69) is 6.92 Å². The maximum atomic E-state index is 12.2. The van der Waals surface area contributed by atoms with E-state index in [0.717, 1.165) is 13.0 Å². The first-order valence-corrected chi connectivity index (χ1v) is 7.84. The molecule has 1 aliphatic heterocycles. The van der Waals surface area contributed by atoms with Crippen molar-refractivity contribution in [3.8, 4) is 5.75 Å². The third-order valence-electron chi connectivity index (χ3n) is 3.79. The van der Waals surface area contributed by atoms with Gasteiger partial charge in [0.15, 0.2) is 0 Å². The number of nitrogens with zero attached hydrogens (tertiary/aromatic N) is 1. The molecule has 0 spiro atoms. The van der Waals surface area contributed by atoms with Crippen LogP contribution in [0.1, 0.15) is 19.8 Å². The number of carbonyl (C=O) groups excluding carboxylic acids is 1. The van der Waals surface area contributed by atoms with Crippen LogP contribution in [0.5, 0.6) is 5.75 Å². The second kappa shape index (κ2) is 8.82. The minimum Gasteiger partial charge on any atom is -0.493 e. The Morgan fingerprint density at radius 1 is 1.41 bits per heavy atom. The molecule has 22 heavy (non-hydrogen) atoms. The lowest BCUT2D eigenvalue weighted by Crippen LogP contribution is -2.35. The summed E-state index contributed by atoms with van der Waals surface area (Å²) in [6, 6.07) is 5.32. The highest BCUT2D eigenvalue weighted by Crippen LogP contribution is 2.26. The largest absolute Gasteiger partial charge is 0.493 e. The van der Waals surface area contributed by atoms with Gasteiger partial charge in [0, 0.05) is 18.7 Å². The fraction of sp³-hybridized carbons (Fsp3) is 0.533. The Kier molecular flexibility index (Phi) is 7.77. The van der Waals surface area contributed by atoms with Gasteiger partial charge in [0.25, 0.3) is 0 Å². The number of likely N-dealkylation sites (tertiary alicyclic amines) is 1. The van der Waals surface area contributed by atoms with Gasteiger partial charge in [-0.15, -0.1) is 12.4 Å². The second-order valence-corrected chi connectivity index (χ2v) is 6.22. The third kappa shape index (κ3) is 4.92. The van der Waals surface area contributed by atoms with Gasteiger partial charge in [-0.2, -0.15) is 0 Å². The van der Waals surface area contributed by atoms with E-state index in [1.54, 1.807) is 18.2 Å². The van der Waals surface area contributed by atoms with Gasteiger partial charge in [-0.25, -0.2) is 0 Å². The van der Waals surface area contributed by atoms with E-state index in [0.29, 0.717) is 41.3 Å². The van der Waals surface area contributed by atoms with Gasteiger partial charge < -0.3 is 15.4 Å². The molecule has 1 amide bonds. The molecule has 1 aromatic rings. The molecule has 2 N–H and O–H groups in total. The van der Waals surface area contributed by atoms with Gasteiger partial charge in [0.1, 0.15) is 5.75 Å². The van der Waals surface area contributed by atoms with E-state index < -0.39 is 0 Å². The zero-order valence-corrected chi connectivity index (χ0v) is 14.8. The molecule has 1 aromatic carbocycles. The molecule has 1 fully saturated rings. The quantitative estimate of drug-likeness (QED) is 0.868. The predicted octanol–water partition coefficient (Wildman–Crippen LogP) is 3.38. The summed E-state index contributed by atoms with van der Waals surface area (Å²) in [5, 5.41) is 0.929. The van der Waals surface area contributed by atoms with Crippen molar-refractivity contribution in [1.29, 1.82) is 0 Å². The van der Waals surface area contributed by atoms with E-state index in [9.17, 15) is 4.79 Å². The summed E-state index contributed by atoms with van der Waals surface area (Å²) in [7, 11) is 0. The fourth-order valence-corrected chi connectivity index (χ4v) is 2.92. The molecule has 0 saturated carbocycles. The second-order valence-electron chi connectivity index (χ2n) is 5.41. The van der Waals surface area contributed by atoms with Crippen LogP contribution in [-0.4, -0.2) is 36.5 Å². The highest BCUT2D eigenvalue weighted by atomic mass is 35.5. The predicted molar refractivity (Wildman–Crippen MR) is 92.2 cm³/mol. The Labute approximate surface area is 147 Å². The first kappa shape index (κ1) is 19.4. The van der Waals surface area contributed by atoms with E-state index in [1.165, 1.54) is 0 Å². The number of rotatable bonds is 5. The number of hydrogen-bond acceptors (Lipinski definition) is 3. The lowest BCUT2D eigenvalue weighted by Gasteiger charge is -2.21. The van der Waals surface area contributed by atoms with E-state index in [4.69, 9.17) is 33.7 Å². The third-order valence-corrected chi connectivity index (χ3v) is 4.53. The maximum Gasteiger partial charge on any atom is 0.226 e. The van der Waals surface area contributed by atoms with Crippen LogP contribution >= 0.6 is 35.6 Å². The molecule has 0 aliphatic carbocycles. The summed E-state index contributed by atoms with van der Waals surface area (Å²) in [5.74, 6) is 1.14. The van der Waals surface area contributed by atoms with Gasteiger partial charge in [-0.05, 0) is 37.9 Å². The number of benzene rings is 1. The number of nitrogens with two attached hydrogens (primary N) is 1. The number of halogens is 3. The van der Waals surface area contributed by atoms with Crippen LogP contribution in [-0.2, 0) is 4.79 Å². The molecular weight excluding hydrogens is 347 g/mol. The molecule has 1 heterocycles. The molecule has 1 saturated heterocycles. The highest BCUT2D eigenvalue weighted by molar-refractivity contribution is 6.42. The van der Waals surface area contributed by atoms with Crippen molar-refractivity contribution in [3.05, 3.63) is 28.2 Å². The summed E-state index contributed by atoms with van der Waals surface area (Å²) >= 11 is 11.7.